The van der Waals surface area contributed by atoms with E-state index in [0.717, 1.165) is 11.1 Å². The number of piperidine rings is 1. The van der Waals surface area contributed by atoms with E-state index in [1.807, 2.05) is 0 Å². The molecule has 0 unspecified atom stereocenters. The van der Waals surface area contributed by atoms with Crippen LogP contribution in [-0.2, 0) is 4.79 Å². The fraction of sp³-hybridized carbons (Fsp3) is 0.467. The first-order valence-corrected chi connectivity index (χ1v) is 7.22. The van der Waals surface area contributed by atoms with Gasteiger partial charge in [0.1, 0.15) is 17.8 Å². The summed E-state index contributed by atoms with van der Waals surface area (Å²) < 4.78 is 40.7. The molecule has 22 heavy (non-hydrogen) atoms. The number of nitrogens with zero attached hydrogens (tertiary/aromatic N) is 2. The van der Waals surface area contributed by atoms with Gasteiger partial charge in [-0.1, -0.05) is 0 Å². The Kier molecular flexibility index (Phi) is 4.15. The van der Waals surface area contributed by atoms with Crippen molar-refractivity contribution in [3.63, 3.8) is 0 Å². The zero-order chi connectivity index (χ0) is 15.7. The molecule has 1 aromatic rings. The smallest absolute Gasteiger partial charge is 0.249 e. The predicted molar refractivity (Wildman–Crippen MR) is 74.9 cm³/mol. The minimum Gasteiger partial charge on any atom is -0.314 e. The van der Waals surface area contributed by atoms with Gasteiger partial charge in [0.25, 0.3) is 0 Å². The van der Waals surface area contributed by atoms with Gasteiger partial charge in [-0.05, 0) is 30.7 Å². The van der Waals surface area contributed by atoms with Crippen molar-refractivity contribution in [2.75, 3.05) is 13.1 Å². The molecular formula is C15H16F3N3O. The molecular weight excluding hydrogens is 295 g/mol. The van der Waals surface area contributed by atoms with E-state index < -0.39 is 35.7 Å². The molecule has 118 valence electrons. The van der Waals surface area contributed by atoms with E-state index in [0.29, 0.717) is 24.9 Å². The number of hydrogen-bond acceptors (Lipinski definition) is 3. The van der Waals surface area contributed by atoms with E-state index in [4.69, 9.17) is 0 Å². The molecule has 1 N–H and O–H groups in total. The third-order valence-corrected chi connectivity index (χ3v) is 4.05. The van der Waals surface area contributed by atoms with Gasteiger partial charge < -0.3 is 5.32 Å². The van der Waals surface area contributed by atoms with Crippen LogP contribution in [-0.4, -0.2) is 36.4 Å². The fourth-order valence-electron chi connectivity index (χ4n) is 2.94. The van der Waals surface area contributed by atoms with E-state index >= 15 is 0 Å². The van der Waals surface area contributed by atoms with Crippen molar-refractivity contribution in [1.82, 2.24) is 10.3 Å². The third-order valence-electron chi connectivity index (χ3n) is 4.05. The van der Waals surface area contributed by atoms with Crippen molar-refractivity contribution in [2.45, 2.75) is 25.1 Å². The van der Waals surface area contributed by atoms with Crippen LogP contribution in [0, 0.1) is 17.6 Å². The molecule has 0 aliphatic carbocycles. The summed E-state index contributed by atoms with van der Waals surface area (Å²) in [4.78, 5) is 12.5. The summed E-state index contributed by atoms with van der Waals surface area (Å²) in [6, 6.07) is 2.55. The molecule has 2 heterocycles. The molecule has 0 radical (unpaired) electrons. The Morgan fingerprint density at radius 1 is 1.27 bits per heavy atom. The Balaban J connectivity index is 1.83. The number of rotatable bonds is 2. The molecule has 3 rings (SSSR count). The second kappa shape index (κ2) is 6.08. The molecule has 1 fully saturated rings. The SMILES string of the molecule is O=C([C@@H]1CCNC[C@@H]1F)N1N=CC[C@H]1c1cc(F)cc(F)c1. The predicted octanol–water partition coefficient (Wildman–Crippen LogP) is 2.17. The van der Waals surface area contributed by atoms with Crippen molar-refractivity contribution in [3.8, 4) is 0 Å². The summed E-state index contributed by atoms with van der Waals surface area (Å²) in [5, 5.41) is 8.04. The number of carbonyl (C=O) groups is 1. The van der Waals surface area contributed by atoms with Gasteiger partial charge in [-0.15, -0.1) is 0 Å². The Hall–Kier alpha value is -1.89. The number of alkyl halides is 1. The number of amides is 1. The number of carbonyl (C=O) groups excluding carboxylic acids is 1. The van der Waals surface area contributed by atoms with Gasteiger partial charge in [0, 0.05) is 25.2 Å². The van der Waals surface area contributed by atoms with E-state index in [1.54, 1.807) is 0 Å². The molecule has 4 nitrogen and oxygen atoms in total. The topological polar surface area (TPSA) is 44.7 Å². The van der Waals surface area contributed by atoms with Gasteiger partial charge in [-0.2, -0.15) is 5.10 Å². The second-order valence-corrected chi connectivity index (χ2v) is 5.55. The van der Waals surface area contributed by atoms with E-state index in [-0.39, 0.29) is 6.54 Å². The van der Waals surface area contributed by atoms with Crippen molar-refractivity contribution in [1.29, 1.82) is 0 Å². The largest absolute Gasteiger partial charge is 0.314 e. The summed E-state index contributed by atoms with van der Waals surface area (Å²) in [5.74, 6) is -2.62. The fourth-order valence-corrected chi connectivity index (χ4v) is 2.94. The molecule has 3 atom stereocenters. The third kappa shape index (κ3) is 2.85. The zero-order valence-corrected chi connectivity index (χ0v) is 11.8. The maximum absolute atomic E-state index is 13.9. The zero-order valence-electron chi connectivity index (χ0n) is 11.8. The van der Waals surface area contributed by atoms with Crippen molar-refractivity contribution in [2.24, 2.45) is 11.0 Å². The van der Waals surface area contributed by atoms with Crippen LogP contribution in [0.2, 0.25) is 0 Å². The van der Waals surface area contributed by atoms with Crippen LogP contribution in [0.4, 0.5) is 13.2 Å². The summed E-state index contributed by atoms with van der Waals surface area (Å²) in [5.41, 5.74) is 0.327. The van der Waals surface area contributed by atoms with Gasteiger partial charge >= 0.3 is 0 Å². The summed E-state index contributed by atoms with van der Waals surface area (Å²) >= 11 is 0. The molecule has 1 saturated heterocycles. The maximum atomic E-state index is 13.9. The molecule has 0 saturated carbocycles. The maximum Gasteiger partial charge on any atom is 0.249 e. The molecule has 1 amide bonds. The lowest BCUT2D eigenvalue weighted by atomic mass is 9.94. The number of halogens is 3. The molecule has 0 aromatic heterocycles. The van der Waals surface area contributed by atoms with Crippen LogP contribution in [0.25, 0.3) is 0 Å². The lowest BCUT2D eigenvalue weighted by molar-refractivity contribution is -0.140. The molecule has 2 aliphatic heterocycles. The van der Waals surface area contributed by atoms with Crippen LogP contribution >= 0.6 is 0 Å². The van der Waals surface area contributed by atoms with Gasteiger partial charge in [-0.3, -0.25) is 4.79 Å². The Morgan fingerprint density at radius 3 is 2.68 bits per heavy atom. The first kappa shape index (κ1) is 15.0. The Bertz CT molecular complexity index is 587. The molecule has 2 aliphatic rings. The van der Waals surface area contributed by atoms with Gasteiger partial charge in [0.05, 0.1) is 12.0 Å². The summed E-state index contributed by atoms with van der Waals surface area (Å²) in [7, 11) is 0. The monoisotopic (exact) mass is 311 g/mol. The van der Waals surface area contributed by atoms with Crippen LogP contribution in [0.3, 0.4) is 0 Å². The standard InChI is InChI=1S/C15H16F3N3O/c16-10-5-9(6-11(17)7-10)14-2-4-20-21(14)15(22)12-1-3-19-8-13(12)18/h4-7,12-14,19H,1-3,8H2/t12-,13+,14+/m1/s1. The molecule has 0 bridgehead atoms. The highest BCUT2D eigenvalue weighted by atomic mass is 19.1. The van der Waals surface area contributed by atoms with E-state index in [9.17, 15) is 18.0 Å². The second-order valence-electron chi connectivity index (χ2n) is 5.55. The highest BCUT2D eigenvalue weighted by Crippen LogP contribution is 2.32. The van der Waals surface area contributed by atoms with Gasteiger partial charge in [-0.25, -0.2) is 18.2 Å². The van der Waals surface area contributed by atoms with Crippen LogP contribution < -0.4 is 5.32 Å². The minimum absolute atomic E-state index is 0.132. The van der Waals surface area contributed by atoms with Crippen molar-refractivity contribution >= 4 is 12.1 Å². The number of hydrogen-bond donors (Lipinski definition) is 1. The van der Waals surface area contributed by atoms with Gasteiger partial charge in [0.2, 0.25) is 5.91 Å². The average molecular weight is 311 g/mol. The summed E-state index contributed by atoms with van der Waals surface area (Å²) in [6.45, 7) is 0.695. The average Bonchev–Trinajstić information content (AvgIpc) is 2.95. The Morgan fingerprint density at radius 2 is 2.00 bits per heavy atom. The molecule has 0 spiro atoms. The van der Waals surface area contributed by atoms with Crippen molar-refractivity contribution in [3.05, 3.63) is 35.4 Å². The lowest BCUT2D eigenvalue weighted by Crippen LogP contribution is -2.46. The molecule has 7 heteroatoms. The molecule has 1 aromatic carbocycles. The minimum atomic E-state index is -1.28. The number of nitrogens with one attached hydrogen (secondary N) is 1. The Labute approximate surface area is 126 Å². The quantitative estimate of drug-likeness (QED) is 0.910. The van der Waals surface area contributed by atoms with Crippen LogP contribution in [0.5, 0.6) is 0 Å². The number of hydrazone groups is 1. The van der Waals surface area contributed by atoms with E-state index in [1.165, 1.54) is 18.3 Å². The summed E-state index contributed by atoms with van der Waals surface area (Å²) in [6.07, 6.45) is 0.980. The first-order valence-electron chi connectivity index (χ1n) is 7.22. The highest BCUT2D eigenvalue weighted by molar-refractivity contribution is 5.82. The van der Waals surface area contributed by atoms with Crippen LogP contribution in [0.15, 0.2) is 23.3 Å². The van der Waals surface area contributed by atoms with Crippen molar-refractivity contribution < 1.29 is 18.0 Å². The number of benzene rings is 1. The first-order chi connectivity index (χ1) is 10.6. The van der Waals surface area contributed by atoms with E-state index in [2.05, 4.69) is 10.4 Å². The lowest BCUT2D eigenvalue weighted by Gasteiger charge is -2.30. The normalized spacial score (nSPS) is 28.1. The van der Waals surface area contributed by atoms with Crippen LogP contribution in [0.1, 0.15) is 24.4 Å². The van der Waals surface area contributed by atoms with Gasteiger partial charge in [0.15, 0.2) is 0 Å². The highest BCUT2D eigenvalue weighted by Gasteiger charge is 2.38.